The van der Waals surface area contributed by atoms with Crippen LogP contribution in [0.2, 0.25) is 0 Å². The molecule has 21 heavy (non-hydrogen) atoms. The fraction of sp³-hybridized carbons (Fsp3) is 0.769. The Bertz CT molecular complexity index is 577. The van der Waals surface area contributed by atoms with Crippen molar-refractivity contribution in [3.8, 4) is 0 Å². The van der Waals surface area contributed by atoms with Gasteiger partial charge in [0.25, 0.3) is 0 Å². The number of rotatable bonds is 6. The van der Waals surface area contributed by atoms with E-state index in [1.54, 1.807) is 27.7 Å². The largest absolute Gasteiger partial charge is 0.315 e. The van der Waals surface area contributed by atoms with Crippen molar-refractivity contribution in [2.45, 2.75) is 32.2 Å². The van der Waals surface area contributed by atoms with Crippen LogP contribution >= 0.6 is 11.8 Å². The van der Waals surface area contributed by atoms with Crippen molar-refractivity contribution in [3.05, 3.63) is 11.4 Å². The van der Waals surface area contributed by atoms with Crippen LogP contribution in [0, 0.1) is 13.8 Å². The third-order valence-corrected chi connectivity index (χ3v) is 6.73. The lowest BCUT2D eigenvalue weighted by Gasteiger charge is -2.25. The quantitative estimate of drug-likeness (QED) is 0.782. The van der Waals surface area contributed by atoms with E-state index in [2.05, 4.69) is 10.4 Å². The first-order chi connectivity index (χ1) is 9.98. The van der Waals surface area contributed by atoms with E-state index in [0.717, 1.165) is 30.3 Å². The van der Waals surface area contributed by atoms with Crippen molar-refractivity contribution in [2.24, 2.45) is 0 Å². The summed E-state index contributed by atoms with van der Waals surface area (Å²) in [6.45, 7) is 9.23. The van der Waals surface area contributed by atoms with Gasteiger partial charge in [-0.15, -0.1) is 0 Å². The van der Waals surface area contributed by atoms with Crippen LogP contribution < -0.4 is 5.32 Å². The minimum absolute atomic E-state index is 0.394. The molecule has 1 N–H and O–H groups in total. The number of likely N-dealkylation sites (N-methyl/N-ethyl adjacent to an activating group) is 1. The Labute approximate surface area is 131 Å². The molecule has 2 heterocycles. The summed E-state index contributed by atoms with van der Waals surface area (Å²) in [4.78, 5) is 0.394. The van der Waals surface area contributed by atoms with Gasteiger partial charge in [0.05, 0.1) is 17.9 Å². The minimum atomic E-state index is -3.42. The number of thioether (sulfide) groups is 1. The smallest absolute Gasteiger partial charge is 0.246 e. The van der Waals surface area contributed by atoms with E-state index in [0.29, 0.717) is 30.2 Å². The highest BCUT2D eigenvalue weighted by Crippen LogP contribution is 2.25. The van der Waals surface area contributed by atoms with Crippen LogP contribution in [0.15, 0.2) is 4.90 Å². The standard InChI is InChI=1S/C13H24N4O2S2/c1-4-14-5-6-17-12(3)13(11(2)15-17)21(18,19)16-7-9-20-10-8-16/h14H,4-10H2,1-3H3. The van der Waals surface area contributed by atoms with Crippen molar-refractivity contribution >= 4 is 21.8 Å². The lowest BCUT2D eigenvalue weighted by atomic mass is 10.4. The van der Waals surface area contributed by atoms with E-state index in [1.165, 1.54) is 0 Å². The second kappa shape index (κ2) is 7.13. The zero-order chi connectivity index (χ0) is 15.5. The van der Waals surface area contributed by atoms with Gasteiger partial charge in [-0.25, -0.2) is 8.42 Å². The molecule has 8 heteroatoms. The van der Waals surface area contributed by atoms with Crippen LogP contribution in [0.3, 0.4) is 0 Å². The third kappa shape index (κ3) is 3.61. The summed E-state index contributed by atoms with van der Waals surface area (Å²) in [7, 11) is -3.42. The fourth-order valence-corrected chi connectivity index (χ4v) is 5.50. The van der Waals surface area contributed by atoms with Crippen LogP contribution in [0.5, 0.6) is 0 Å². The van der Waals surface area contributed by atoms with Gasteiger partial charge in [0.15, 0.2) is 0 Å². The Morgan fingerprint density at radius 3 is 2.57 bits per heavy atom. The Balaban J connectivity index is 2.26. The molecule has 0 aromatic carbocycles. The molecule has 1 aliphatic rings. The highest BCUT2D eigenvalue weighted by Gasteiger charge is 2.31. The number of hydrogen-bond acceptors (Lipinski definition) is 5. The van der Waals surface area contributed by atoms with Crippen molar-refractivity contribution in [1.82, 2.24) is 19.4 Å². The Hall–Kier alpha value is -0.570. The first-order valence-corrected chi connectivity index (χ1v) is 9.90. The van der Waals surface area contributed by atoms with Gasteiger partial charge in [0, 0.05) is 31.1 Å². The maximum absolute atomic E-state index is 12.8. The van der Waals surface area contributed by atoms with E-state index in [-0.39, 0.29) is 0 Å². The normalized spacial score (nSPS) is 17.3. The van der Waals surface area contributed by atoms with Crippen molar-refractivity contribution in [2.75, 3.05) is 37.7 Å². The lowest BCUT2D eigenvalue weighted by Crippen LogP contribution is -2.38. The summed E-state index contributed by atoms with van der Waals surface area (Å²) in [5, 5.41) is 7.64. The summed E-state index contributed by atoms with van der Waals surface area (Å²) in [5.74, 6) is 1.73. The Kier molecular flexibility index (Phi) is 5.70. The molecule has 0 atom stereocenters. The van der Waals surface area contributed by atoms with E-state index < -0.39 is 10.0 Å². The van der Waals surface area contributed by atoms with Gasteiger partial charge >= 0.3 is 0 Å². The molecule has 1 aliphatic heterocycles. The van der Waals surface area contributed by atoms with Crippen LogP contribution in [-0.2, 0) is 16.6 Å². The van der Waals surface area contributed by atoms with Gasteiger partial charge in [-0.2, -0.15) is 21.2 Å². The molecule has 0 spiro atoms. The van der Waals surface area contributed by atoms with E-state index in [9.17, 15) is 8.42 Å². The number of hydrogen-bond donors (Lipinski definition) is 1. The van der Waals surface area contributed by atoms with Crippen LogP contribution in [0.25, 0.3) is 0 Å². The van der Waals surface area contributed by atoms with Gasteiger partial charge < -0.3 is 5.32 Å². The second-order valence-electron chi connectivity index (χ2n) is 5.09. The number of sulfonamides is 1. The number of aromatic nitrogens is 2. The van der Waals surface area contributed by atoms with Gasteiger partial charge in [-0.05, 0) is 20.4 Å². The monoisotopic (exact) mass is 332 g/mol. The molecule has 1 fully saturated rings. The number of aryl methyl sites for hydroxylation is 1. The topological polar surface area (TPSA) is 67.2 Å². The molecular weight excluding hydrogens is 308 g/mol. The zero-order valence-electron chi connectivity index (χ0n) is 12.9. The van der Waals surface area contributed by atoms with Crippen molar-refractivity contribution in [3.63, 3.8) is 0 Å². The predicted molar refractivity (Wildman–Crippen MR) is 86.3 cm³/mol. The average molecular weight is 332 g/mol. The van der Waals surface area contributed by atoms with Gasteiger partial charge in [0.1, 0.15) is 4.90 Å². The van der Waals surface area contributed by atoms with Crippen LogP contribution in [0.1, 0.15) is 18.3 Å². The highest BCUT2D eigenvalue weighted by atomic mass is 32.2. The van der Waals surface area contributed by atoms with Crippen LogP contribution in [0.4, 0.5) is 0 Å². The maximum atomic E-state index is 12.8. The molecule has 0 unspecified atom stereocenters. The molecule has 120 valence electrons. The summed E-state index contributed by atoms with van der Waals surface area (Å²) >= 11 is 1.80. The molecule has 0 radical (unpaired) electrons. The molecule has 2 rings (SSSR count). The molecule has 0 saturated carbocycles. The molecule has 0 aliphatic carbocycles. The summed E-state index contributed by atoms with van der Waals surface area (Å²) < 4.78 is 29.0. The van der Waals surface area contributed by atoms with Gasteiger partial charge in [0.2, 0.25) is 10.0 Å². The average Bonchev–Trinajstić information content (AvgIpc) is 2.75. The molecular formula is C13H24N4O2S2. The highest BCUT2D eigenvalue weighted by molar-refractivity contribution is 7.99. The van der Waals surface area contributed by atoms with Gasteiger partial charge in [-0.3, -0.25) is 4.68 Å². The van der Waals surface area contributed by atoms with E-state index in [4.69, 9.17) is 0 Å². The molecule has 6 nitrogen and oxygen atoms in total. The second-order valence-corrected chi connectivity index (χ2v) is 8.19. The first-order valence-electron chi connectivity index (χ1n) is 7.31. The number of nitrogens with zero attached hydrogens (tertiary/aromatic N) is 3. The third-order valence-electron chi connectivity index (χ3n) is 3.63. The Morgan fingerprint density at radius 1 is 1.29 bits per heavy atom. The van der Waals surface area contributed by atoms with Crippen molar-refractivity contribution < 1.29 is 8.42 Å². The predicted octanol–water partition coefficient (Wildman–Crippen LogP) is 0.847. The Morgan fingerprint density at radius 2 is 1.95 bits per heavy atom. The first kappa shape index (κ1) is 16.8. The summed E-state index contributed by atoms with van der Waals surface area (Å²) in [6.07, 6.45) is 0. The molecule has 1 aromatic rings. The van der Waals surface area contributed by atoms with E-state index >= 15 is 0 Å². The van der Waals surface area contributed by atoms with Crippen molar-refractivity contribution in [1.29, 1.82) is 0 Å². The lowest BCUT2D eigenvalue weighted by molar-refractivity contribution is 0.442. The fourth-order valence-electron chi connectivity index (χ4n) is 2.55. The SMILES string of the molecule is CCNCCn1nc(C)c(S(=O)(=O)N2CCSCC2)c1C. The summed E-state index contributed by atoms with van der Waals surface area (Å²) in [6, 6.07) is 0. The molecule has 0 bridgehead atoms. The van der Waals surface area contributed by atoms with Crippen LogP contribution in [-0.4, -0.2) is 60.2 Å². The number of nitrogens with one attached hydrogen (secondary N) is 1. The van der Waals surface area contributed by atoms with Gasteiger partial charge in [-0.1, -0.05) is 6.92 Å². The summed E-state index contributed by atoms with van der Waals surface area (Å²) in [5.41, 5.74) is 1.34. The zero-order valence-corrected chi connectivity index (χ0v) is 14.6. The molecule has 1 aromatic heterocycles. The molecule has 1 saturated heterocycles. The maximum Gasteiger partial charge on any atom is 0.246 e. The minimum Gasteiger partial charge on any atom is -0.315 e. The van der Waals surface area contributed by atoms with E-state index in [1.807, 2.05) is 13.8 Å². The molecule has 0 amide bonds.